The molecule has 1 heterocycles. The molecular formula is C10H15NO. The summed E-state index contributed by atoms with van der Waals surface area (Å²) in [6.07, 6.45) is 2.92. The average molecular weight is 165 g/mol. The highest BCUT2D eigenvalue weighted by Crippen LogP contribution is 2.02. The molecule has 0 aliphatic rings. The lowest BCUT2D eigenvalue weighted by molar-refractivity contribution is 0.575. The van der Waals surface area contributed by atoms with Crippen molar-refractivity contribution in [2.45, 2.75) is 33.2 Å². The van der Waals surface area contributed by atoms with E-state index in [4.69, 9.17) is 0 Å². The van der Waals surface area contributed by atoms with Crippen molar-refractivity contribution in [3.8, 4) is 0 Å². The van der Waals surface area contributed by atoms with Gasteiger partial charge in [0.05, 0.1) is 0 Å². The van der Waals surface area contributed by atoms with Crippen LogP contribution in [0, 0.1) is 0 Å². The molecule has 0 amide bonds. The first kappa shape index (κ1) is 9.04. The summed E-state index contributed by atoms with van der Waals surface area (Å²) < 4.78 is 1.76. The second kappa shape index (κ2) is 3.57. The fraction of sp³-hybridized carbons (Fsp3) is 0.500. The van der Waals surface area contributed by atoms with Gasteiger partial charge in [0.2, 0.25) is 0 Å². The number of hydrogen-bond acceptors (Lipinski definition) is 1. The van der Waals surface area contributed by atoms with Crippen molar-refractivity contribution in [2.75, 3.05) is 0 Å². The first-order valence-electron chi connectivity index (χ1n) is 4.36. The first-order valence-corrected chi connectivity index (χ1v) is 4.36. The Balaban J connectivity index is 3.17. The fourth-order valence-corrected chi connectivity index (χ4v) is 1.16. The van der Waals surface area contributed by atoms with Crippen LogP contribution in [-0.4, -0.2) is 4.57 Å². The van der Waals surface area contributed by atoms with Gasteiger partial charge < -0.3 is 4.57 Å². The summed E-state index contributed by atoms with van der Waals surface area (Å²) in [5.74, 6) is 0. The standard InChI is InChI=1S/C10H15NO/c1-4-9-5-6-10(12)11(7-9)8(2)3/h5-8H,4H2,1-3H3. The minimum absolute atomic E-state index is 0.0854. The summed E-state index contributed by atoms with van der Waals surface area (Å²) in [5.41, 5.74) is 1.30. The highest BCUT2D eigenvalue weighted by atomic mass is 16.1. The number of pyridine rings is 1. The van der Waals surface area contributed by atoms with Gasteiger partial charge in [-0.25, -0.2) is 0 Å². The van der Waals surface area contributed by atoms with Crippen LogP contribution in [0.25, 0.3) is 0 Å². The number of rotatable bonds is 2. The van der Waals surface area contributed by atoms with Crippen LogP contribution in [0.15, 0.2) is 23.1 Å². The predicted molar refractivity (Wildman–Crippen MR) is 50.5 cm³/mol. The van der Waals surface area contributed by atoms with Crippen LogP contribution >= 0.6 is 0 Å². The molecule has 0 radical (unpaired) electrons. The highest BCUT2D eigenvalue weighted by molar-refractivity contribution is 5.10. The fourth-order valence-electron chi connectivity index (χ4n) is 1.16. The number of aryl methyl sites for hydroxylation is 1. The Kier molecular flexibility index (Phi) is 2.69. The maximum Gasteiger partial charge on any atom is 0.250 e. The van der Waals surface area contributed by atoms with Crippen LogP contribution in [0.3, 0.4) is 0 Å². The second-order valence-corrected chi connectivity index (χ2v) is 3.23. The zero-order valence-corrected chi connectivity index (χ0v) is 7.87. The van der Waals surface area contributed by atoms with Gasteiger partial charge in [-0.05, 0) is 25.8 Å². The van der Waals surface area contributed by atoms with Gasteiger partial charge in [0.25, 0.3) is 5.56 Å². The molecule has 12 heavy (non-hydrogen) atoms. The van der Waals surface area contributed by atoms with E-state index < -0.39 is 0 Å². The Morgan fingerprint density at radius 1 is 1.42 bits per heavy atom. The number of nitrogens with zero attached hydrogens (tertiary/aromatic N) is 1. The van der Waals surface area contributed by atoms with Gasteiger partial charge >= 0.3 is 0 Å². The minimum atomic E-state index is 0.0854. The van der Waals surface area contributed by atoms with Crippen molar-refractivity contribution in [1.29, 1.82) is 0 Å². The molecule has 0 N–H and O–H groups in total. The summed E-state index contributed by atoms with van der Waals surface area (Å²) in [7, 11) is 0. The van der Waals surface area contributed by atoms with Crippen LogP contribution in [0.2, 0.25) is 0 Å². The third kappa shape index (κ3) is 1.76. The predicted octanol–water partition coefficient (Wildman–Crippen LogP) is 1.99. The van der Waals surface area contributed by atoms with Gasteiger partial charge in [-0.2, -0.15) is 0 Å². The molecule has 0 bridgehead atoms. The smallest absolute Gasteiger partial charge is 0.250 e. The van der Waals surface area contributed by atoms with Gasteiger partial charge in [-0.1, -0.05) is 13.0 Å². The van der Waals surface area contributed by atoms with E-state index in [-0.39, 0.29) is 11.6 Å². The molecule has 0 aliphatic heterocycles. The molecule has 0 fully saturated rings. The average Bonchev–Trinajstić information content (AvgIpc) is 2.05. The zero-order chi connectivity index (χ0) is 9.14. The number of aromatic nitrogens is 1. The monoisotopic (exact) mass is 165 g/mol. The third-order valence-electron chi connectivity index (χ3n) is 1.96. The lowest BCUT2D eigenvalue weighted by atomic mass is 10.2. The highest BCUT2D eigenvalue weighted by Gasteiger charge is 2.00. The lowest BCUT2D eigenvalue weighted by Crippen LogP contribution is -2.20. The molecule has 0 spiro atoms. The maximum atomic E-state index is 11.3. The molecule has 2 heteroatoms. The van der Waals surface area contributed by atoms with Crippen LogP contribution in [0.1, 0.15) is 32.4 Å². The third-order valence-corrected chi connectivity index (χ3v) is 1.96. The Bertz CT molecular complexity index is 312. The molecule has 66 valence electrons. The Labute approximate surface area is 72.8 Å². The van der Waals surface area contributed by atoms with Crippen molar-refractivity contribution in [2.24, 2.45) is 0 Å². The van der Waals surface area contributed by atoms with Crippen molar-refractivity contribution in [3.05, 3.63) is 34.2 Å². The van der Waals surface area contributed by atoms with E-state index >= 15 is 0 Å². The molecule has 0 aromatic carbocycles. The molecule has 0 saturated heterocycles. The van der Waals surface area contributed by atoms with Crippen LogP contribution < -0.4 is 5.56 Å². The van der Waals surface area contributed by atoms with Gasteiger partial charge in [0.1, 0.15) is 0 Å². The molecule has 1 aromatic heterocycles. The van der Waals surface area contributed by atoms with Crippen LogP contribution in [0.4, 0.5) is 0 Å². The molecule has 0 atom stereocenters. The van der Waals surface area contributed by atoms with Crippen molar-refractivity contribution >= 4 is 0 Å². The summed E-state index contributed by atoms with van der Waals surface area (Å²) in [5, 5.41) is 0. The van der Waals surface area contributed by atoms with Crippen molar-refractivity contribution < 1.29 is 0 Å². The zero-order valence-electron chi connectivity index (χ0n) is 7.87. The summed E-state index contributed by atoms with van der Waals surface area (Å²) >= 11 is 0. The van der Waals surface area contributed by atoms with E-state index in [0.29, 0.717) is 0 Å². The van der Waals surface area contributed by atoms with E-state index in [1.165, 1.54) is 5.56 Å². The van der Waals surface area contributed by atoms with Gasteiger partial charge in [0, 0.05) is 18.3 Å². The molecule has 0 saturated carbocycles. The number of hydrogen-bond donors (Lipinski definition) is 0. The van der Waals surface area contributed by atoms with Gasteiger partial charge in [-0.3, -0.25) is 4.79 Å². The SMILES string of the molecule is CCc1ccc(=O)n(C(C)C)c1. The van der Waals surface area contributed by atoms with E-state index in [9.17, 15) is 4.79 Å². The van der Waals surface area contributed by atoms with Crippen molar-refractivity contribution in [1.82, 2.24) is 4.57 Å². The normalized spacial score (nSPS) is 10.7. The summed E-state index contributed by atoms with van der Waals surface area (Å²) in [6.45, 7) is 6.12. The van der Waals surface area contributed by atoms with E-state index in [1.54, 1.807) is 10.6 Å². The molecular weight excluding hydrogens is 150 g/mol. The van der Waals surface area contributed by atoms with E-state index in [2.05, 4.69) is 6.92 Å². The van der Waals surface area contributed by atoms with Crippen LogP contribution in [-0.2, 0) is 6.42 Å². The minimum Gasteiger partial charge on any atom is -0.313 e. The molecule has 0 aliphatic carbocycles. The molecule has 1 rings (SSSR count). The van der Waals surface area contributed by atoms with E-state index in [0.717, 1.165) is 6.42 Å². The summed E-state index contributed by atoms with van der Waals surface area (Å²) in [6, 6.07) is 3.78. The van der Waals surface area contributed by atoms with Gasteiger partial charge in [-0.15, -0.1) is 0 Å². The summed E-state index contributed by atoms with van der Waals surface area (Å²) in [4.78, 5) is 11.3. The second-order valence-electron chi connectivity index (χ2n) is 3.23. The Morgan fingerprint density at radius 3 is 2.58 bits per heavy atom. The largest absolute Gasteiger partial charge is 0.313 e. The topological polar surface area (TPSA) is 22.0 Å². The Morgan fingerprint density at radius 2 is 2.08 bits per heavy atom. The Hall–Kier alpha value is -1.05. The molecule has 2 nitrogen and oxygen atoms in total. The maximum absolute atomic E-state index is 11.3. The van der Waals surface area contributed by atoms with Crippen LogP contribution in [0.5, 0.6) is 0 Å². The quantitative estimate of drug-likeness (QED) is 0.657. The first-order chi connectivity index (χ1) is 5.65. The molecule has 1 aromatic rings. The van der Waals surface area contributed by atoms with Crippen molar-refractivity contribution in [3.63, 3.8) is 0 Å². The van der Waals surface area contributed by atoms with Gasteiger partial charge in [0.15, 0.2) is 0 Å². The lowest BCUT2D eigenvalue weighted by Gasteiger charge is -2.10. The molecule has 0 unspecified atom stereocenters. The van der Waals surface area contributed by atoms with E-state index in [1.807, 2.05) is 26.1 Å².